The van der Waals surface area contributed by atoms with Crippen LogP contribution in [0, 0.1) is 0 Å². The average Bonchev–Trinajstić information content (AvgIpc) is 2.72. The minimum absolute atomic E-state index is 0.116. The van der Waals surface area contributed by atoms with Gasteiger partial charge in [-0.25, -0.2) is 0 Å². The number of benzene rings is 3. The van der Waals surface area contributed by atoms with E-state index in [1.54, 1.807) is 4.90 Å². The molecule has 1 aliphatic heterocycles. The summed E-state index contributed by atoms with van der Waals surface area (Å²) in [6.07, 6.45) is -4.43. The maximum absolute atomic E-state index is 13.1. The third-order valence-electron chi connectivity index (χ3n) is 4.80. The first-order chi connectivity index (χ1) is 13.4. The third kappa shape index (κ3) is 3.45. The summed E-state index contributed by atoms with van der Waals surface area (Å²) in [5.41, 5.74) is 1.99. The van der Waals surface area contributed by atoms with Gasteiger partial charge in [0.1, 0.15) is 0 Å². The molecule has 6 heteroatoms. The van der Waals surface area contributed by atoms with Crippen LogP contribution in [0.3, 0.4) is 0 Å². The largest absolute Gasteiger partial charge is 0.416 e. The van der Waals surface area contributed by atoms with Crippen molar-refractivity contribution in [1.29, 1.82) is 0 Å². The van der Waals surface area contributed by atoms with Gasteiger partial charge in [0.05, 0.1) is 29.5 Å². The van der Waals surface area contributed by atoms with E-state index in [0.717, 1.165) is 23.4 Å². The SMILES string of the molecule is O=C(c1ccc(C(F)(F)F)cc1)N1CC(c2ccccc2)Nc2ccccc21. The lowest BCUT2D eigenvalue weighted by Crippen LogP contribution is -2.40. The second kappa shape index (κ2) is 7.03. The van der Waals surface area contributed by atoms with Crippen LogP contribution in [0.1, 0.15) is 27.5 Å². The van der Waals surface area contributed by atoms with E-state index < -0.39 is 11.7 Å². The first-order valence-corrected chi connectivity index (χ1v) is 8.83. The molecule has 1 aliphatic rings. The van der Waals surface area contributed by atoms with E-state index in [2.05, 4.69) is 5.32 Å². The molecule has 3 aromatic carbocycles. The molecule has 3 nitrogen and oxygen atoms in total. The standard InChI is InChI=1S/C22H17F3N2O/c23-22(24,25)17-12-10-16(11-13-17)21(28)27-14-19(15-6-2-1-3-7-15)26-18-8-4-5-9-20(18)27/h1-13,19,26H,14H2. The van der Waals surface area contributed by atoms with E-state index in [9.17, 15) is 18.0 Å². The molecule has 1 amide bonds. The number of nitrogens with zero attached hydrogens (tertiary/aromatic N) is 1. The Hall–Kier alpha value is -3.28. The number of fused-ring (bicyclic) bond motifs is 1. The summed E-state index contributed by atoms with van der Waals surface area (Å²) >= 11 is 0. The van der Waals surface area contributed by atoms with Gasteiger partial charge >= 0.3 is 6.18 Å². The van der Waals surface area contributed by atoms with Crippen molar-refractivity contribution in [2.45, 2.75) is 12.2 Å². The molecular weight excluding hydrogens is 365 g/mol. The van der Waals surface area contributed by atoms with Crippen LogP contribution in [0.4, 0.5) is 24.5 Å². The Morgan fingerprint density at radius 1 is 0.893 bits per heavy atom. The first-order valence-electron chi connectivity index (χ1n) is 8.83. The minimum atomic E-state index is -4.43. The number of carbonyl (C=O) groups excluding carboxylic acids is 1. The number of halogens is 3. The molecular formula is C22H17F3N2O. The highest BCUT2D eigenvalue weighted by Gasteiger charge is 2.32. The van der Waals surface area contributed by atoms with Crippen LogP contribution in [-0.2, 0) is 6.18 Å². The van der Waals surface area contributed by atoms with Gasteiger partial charge in [0, 0.05) is 5.56 Å². The van der Waals surface area contributed by atoms with Crippen LogP contribution in [0.15, 0.2) is 78.9 Å². The predicted octanol–water partition coefficient (Wildman–Crippen LogP) is 5.52. The second-order valence-corrected chi connectivity index (χ2v) is 6.62. The van der Waals surface area contributed by atoms with Gasteiger partial charge in [0.15, 0.2) is 0 Å². The maximum Gasteiger partial charge on any atom is 0.416 e. The molecule has 0 radical (unpaired) electrons. The molecule has 1 atom stereocenters. The van der Waals surface area contributed by atoms with Crippen molar-refractivity contribution in [3.63, 3.8) is 0 Å². The summed E-state index contributed by atoms with van der Waals surface area (Å²) in [5.74, 6) is -0.330. The van der Waals surface area contributed by atoms with Crippen molar-refractivity contribution >= 4 is 17.3 Å². The fraction of sp³-hybridized carbons (Fsp3) is 0.136. The number of carbonyl (C=O) groups is 1. The van der Waals surface area contributed by atoms with Crippen LogP contribution in [-0.4, -0.2) is 12.5 Å². The molecule has 1 N–H and O–H groups in total. The third-order valence-corrected chi connectivity index (χ3v) is 4.80. The molecule has 0 aliphatic carbocycles. The van der Waals surface area contributed by atoms with Gasteiger partial charge in [-0.15, -0.1) is 0 Å². The van der Waals surface area contributed by atoms with Gasteiger partial charge in [-0.2, -0.15) is 13.2 Å². The topological polar surface area (TPSA) is 32.3 Å². The smallest absolute Gasteiger partial charge is 0.375 e. The van der Waals surface area contributed by atoms with Crippen LogP contribution in [0.25, 0.3) is 0 Å². The quantitative estimate of drug-likeness (QED) is 0.633. The van der Waals surface area contributed by atoms with E-state index in [0.29, 0.717) is 12.2 Å². The van der Waals surface area contributed by atoms with Gasteiger partial charge in [-0.05, 0) is 42.0 Å². The summed E-state index contributed by atoms with van der Waals surface area (Å²) in [4.78, 5) is 14.7. The van der Waals surface area contributed by atoms with Crippen LogP contribution >= 0.6 is 0 Å². The fourth-order valence-electron chi connectivity index (χ4n) is 3.37. The second-order valence-electron chi connectivity index (χ2n) is 6.62. The molecule has 0 saturated heterocycles. The fourth-order valence-corrected chi connectivity index (χ4v) is 3.37. The zero-order valence-electron chi connectivity index (χ0n) is 14.8. The van der Waals surface area contributed by atoms with Crippen molar-refractivity contribution in [2.24, 2.45) is 0 Å². The summed E-state index contributed by atoms with van der Waals surface area (Å²) in [6.45, 7) is 0.376. The van der Waals surface area contributed by atoms with Crippen molar-refractivity contribution in [3.05, 3.63) is 95.6 Å². The average molecular weight is 382 g/mol. The predicted molar refractivity (Wildman–Crippen MR) is 102 cm³/mol. The molecule has 4 rings (SSSR count). The van der Waals surface area contributed by atoms with Gasteiger partial charge in [-0.3, -0.25) is 4.79 Å². The molecule has 0 aromatic heterocycles. The van der Waals surface area contributed by atoms with Crippen LogP contribution < -0.4 is 10.2 Å². The van der Waals surface area contributed by atoms with E-state index in [-0.39, 0.29) is 17.5 Å². The number of rotatable bonds is 2. The van der Waals surface area contributed by atoms with E-state index in [1.807, 2.05) is 54.6 Å². The van der Waals surface area contributed by atoms with E-state index in [4.69, 9.17) is 0 Å². The highest BCUT2D eigenvalue weighted by Crippen LogP contribution is 2.36. The van der Waals surface area contributed by atoms with Crippen LogP contribution in [0.2, 0.25) is 0 Å². The van der Waals surface area contributed by atoms with Gasteiger partial charge in [0.2, 0.25) is 0 Å². The zero-order valence-corrected chi connectivity index (χ0v) is 14.8. The van der Waals surface area contributed by atoms with E-state index in [1.165, 1.54) is 12.1 Å². The Morgan fingerprint density at radius 2 is 1.54 bits per heavy atom. The zero-order chi connectivity index (χ0) is 19.7. The lowest BCUT2D eigenvalue weighted by Gasteiger charge is -2.36. The molecule has 1 unspecified atom stereocenters. The number of nitrogens with one attached hydrogen (secondary N) is 1. The summed E-state index contributed by atoms with van der Waals surface area (Å²) in [6, 6.07) is 21.4. The van der Waals surface area contributed by atoms with Crippen molar-refractivity contribution < 1.29 is 18.0 Å². The lowest BCUT2D eigenvalue weighted by molar-refractivity contribution is -0.137. The van der Waals surface area contributed by atoms with Crippen molar-refractivity contribution in [2.75, 3.05) is 16.8 Å². The summed E-state index contributed by atoms with van der Waals surface area (Å²) in [7, 11) is 0. The number of hydrogen-bond acceptors (Lipinski definition) is 2. The Bertz CT molecular complexity index is 985. The normalized spacial score (nSPS) is 16.2. The van der Waals surface area contributed by atoms with Gasteiger partial charge in [-0.1, -0.05) is 42.5 Å². The molecule has 28 heavy (non-hydrogen) atoms. The molecule has 142 valence electrons. The van der Waals surface area contributed by atoms with Crippen LogP contribution in [0.5, 0.6) is 0 Å². The van der Waals surface area contributed by atoms with Crippen molar-refractivity contribution in [3.8, 4) is 0 Å². The first kappa shape index (κ1) is 18.1. The molecule has 0 fully saturated rings. The highest BCUT2D eigenvalue weighted by molar-refractivity contribution is 6.08. The molecule has 1 heterocycles. The number of alkyl halides is 3. The summed E-state index contributed by atoms with van der Waals surface area (Å²) in [5, 5.41) is 3.44. The maximum atomic E-state index is 13.1. The number of anilines is 2. The number of para-hydroxylation sites is 2. The minimum Gasteiger partial charge on any atom is -0.375 e. The highest BCUT2D eigenvalue weighted by atomic mass is 19.4. The number of hydrogen-bond donors (Lipinski definition) is 1. The Labute approximate surface area is 160 Å². The number of amides is 1. The molecule has 0 bridgehead atoms. The van der Waals surface area contributed by atoms with E-state index >= 15 is 0 Å². The Balaban J connectivity index is 1.68. The molecule has 0 spiro atoms. The Kier molecular flexibility index (Phi) is 4.55. The van der Waals surface area contributed by atoms with Crippen molar-refractivity contribution in [1.82, 2.24) is 0 Å². The van der Waals surface area contributed by atoms with Gasteiger partial charge < -0.3 is 10.2 Å². The van der Waals surface area contributed by atoms with Gasteiger partial charge in [0.25, 0.3) is 5.91 Å². The monoisotopic (exact) mass is 382 g/mol. The Morgan fingerprint density at radius 3 is 2.21 bits per heavy atom. The molecule has 0 saturated carbocycles. The lowest BCUT2D eigenvalue weighted by atomic mass is 10.0. The summed E-state index contributed by atoms with van der Waals surface area (Å²) < 4.78 is 38.4. The molecule has 3 aromatic rings.